The van der Waals surface area contributed by atoms with E-state index in [1.807, 2.05) is 20.8 Å². The highest BCUT2D eigenvalue weighted by Crippen LogP contribution is 2.23. The van der Waals surface area contributed by atoms with Crippen molar-refractivity contribution in [3.05, 3.63) is 47.8 Å². The van der Waals surface area contributed by atoms with Crippen LogP contribution in [0, 0.1) is 0 Å². The van der Waals surface area contributed by atoms with Gasteiger partial charge in [0.2, 0.25) is 0 Å². The van der Waals surface area contributed by atoms with Crippen LogP contribution in [0.1, 0.15) is 37.1 Å². The molecule has 0 aliphatic carbocycles. The molecule has 0 saturated carbocycles. The van der Waals surface area contributed by atoms with Gasteiger partial charge in [0.05, 0.1) is 35.7 Å². The lowest BCUT2D eigenvalue weighted by molar-refractivity contribution is -0.117. The molecule has 0 unspecified atom stereocenters. The summed E-state index contributed by atoms with van der Waals surface area (Å²) in [7, 11) is 2.93. The van der Waals surface area contributed by atoms with Crippen molar-refractivity contribution in [2.45, 2.75) is 26.2 Å². The maximum atomic E-state index is 13.1. The van der Waals surface area contributed by atoms with Crippen LogP contribution in [-0.4, -0.2) is 52.1 Å². The average molecular weight is 411 g/mol. The topological polar surface area (TPSA) is 160 Å². The van der Waals surface area contributed by atoms with Gasteiger partial charge in [-0.05, 0) is 0 Å². The normalized spacial score (nSPS) is 12.3. The van der Waals surface area contributed by atoms with E-state index in [0.717, 1.165) is 0 Å². The number of hydrogen-bond acceptors (Lipinski definition) is 9. The number of carbonyl (C=O) groups excluding carboxylic acids is 2. The Balaban J connectivity index is 2.50. The van der Waals surface area contributed by atoms with E-state index in [2.05, 4.69) is 40.9 Å². The number of nitrogens with one attached hydrogen (secondary N) is 3. The van der Waals surface area contributed by atoms with Crippen molar-refractivity contribution in [2.75, 3.05) is 19.4 Å². The molecule has 0 aliphatic heterocycles. The monoisotopic (exact) mass is 411 g/mol. The molecule has 0 radical (unpaired) electrons. The van der Waals surface area contributed by atoms with Crippen LogP contribution in [0.5, 0.6) is 0 Å². The summed E-state index contributed by atoms with van der Waals surface area (Å²) in [6, 6.07) is 0. The van der Waals surface area contributed by atoms with Gasteiger partial charge < -0.3 is 21.7 Å². The van der Waals surface area contributed by atoms with Gasteiger partial charge in [0, 0.05) is 25.7 Å². The summed E-state index contributed by atoms with van der Waals surface area (Å²) >= 11 is 0. The predicted octanol–water partition coefficient (Wildman–Crippen LogP) is 0.654. The van der Waals surface area contributed by atoms with E-state index in [0.29, 0.717) is 17.2 Å². The lowest BCUT2D eigenvalue weighted by Gasteiger charge is -2.19. The van der Waals surface area contributed by atoms with Crippen molar-refractivity contribution in [1.82, 2.24) is 30.6 Å². The lowest BCUT2D eigenvalue weighted by atomic mass is 9.95. The van der Waals surface area contributed by atoms with Gasteiger partial charge in [0.25, 0.3) is 11.8 Å². The van der Waals surface area contributed by atoms with Crippen molar-refractivity contribution < 1.29 is 9.59 Å². The summed E-state index contributed by atoms with van der Waals surface area (Å²) < 4.78 is 0. The number of amides is 2. The van der Waals surface area contributed by atoms with Crippen LogP contribution in [0.25, 0.3) is 0 Å². The maximum absolute atomic E-state index is 13.1. The third-order valence-electron chi connectivity index (χ3n) is 3.78. The molecule has 2 amide bonds. The van der Waals surface area contributed by atoms with Crippen molar-refractivity contribution in [3.8, 4) is 0 Å². The molecule has 0 atom stereocenters. The Labute approximate surface area is 174 Å². The zero-order valence-corrected chi connectivity index (χ0v) is 17.5. The highest BCUT2D eigenvalue weighted by Gasteiger charge is 2.23. The fourth-order valence-electron chi connectivity index (χ4n) is 2.26. The largest absolute Gasteiger partial charge is 0.393 e. The average Bonchev–Trinajstić information content (AvgIpc) is 2.72. The number of hydrogen-bond donors (Lipinski definition) is 4. The lowest BCUT2D eigenvalue weighted by Crippen LogP contribution is -2.34. The second kappa shape index (κ2) is 9.54. The summed E-state index contributed by atoms with van der Waals surface area (Å²) in [6.45, 7) is 5.79. The SMILES string of the molecule is CN=CC(NC(=O)c1nc(C(C)(C)C)ncc1Nc1cncnc1)=C(N)C(=O)NC. The van der Waals surface area contributed by atoms with Crippen LogP contribution < -0.4 is 21.7 Å². The smallest absolute Gasteiger partial charge is 0.276 e. The van der Waals surface area contributed by atoms with Gasteiger partial charge in [0.1, 0.15) is 17.8 Å². The van der Waals surface area contributed by atoms with Gasteiger partial charge in [-0.15, -0.1) is 0 Å². The van der Waals surface area contributed by atoms with Crippen LogP contribution in [-0.2, 0) is 10.2 Å². The molecule has 11 heteroatoms. The van der Waals surface area contributed by atoms with Gasteiger partial charge in [-0.2, -0.15) is 0 Å². The second-order valence-electron chi connectivity index (χ2n) is 7.21. The molecule has 0 aromatic carbocycles. The van der Waals surface area contributed by atoms with Gasteiger partial charge in [0.15, 0.2) is 5.69 Å². The number of likely N-dealkylation sites (N-methyl/N-ethyl adjacent to an activating group) is 1. The molecule has 0 aliphatic rings. The molecule has 0 bridgehead atoms. The molecule has 0 saturated heterocycles. The number of aromatic nitrogens is 4. The number of rotatable bonds is 6. The zero-order chi connectivity index (χ0) is 22.3. The number of aliphatic imine (C=N–C) groups is 1. The molecule has 11 nitrogen and oxygen atoms in total. The Morgan fingerprint density at radius 3 is 2.40 bits per heavy atom. The van der Waals surface area contributed by atoms with Crippen LogP contribution >= 0.6 is 0 Å². The highest BCUT2D eigenvalue weighted by molar-refractivity contribution is 6.05. The Morgan fingerprint density at radius 1 is 1.17 bits per heavy atom. The summed E-state index contributed by atoms with van der Waals surface area (Å²) in [5, 5.41) is 8.03. The van der Waals surface area contributed by atoms with E-state index in [1.165, 1.54) is 32.8 Å². The second-order valence-corrected chi connectivity index (χ2v) is 7.21. The van der Waals surface area contributed by atoms with Crippen molar-refractivity contribution in [2.24, 2.45) is 10.7 Å². The van der Waals surface area contributed by atoms with Crippen molar-refractivity contribution >= 4 is 29.4 Å². The molecule has 0 fully saturated rings. The number of nitrogens with zero attached hydrogens (tertiary/aromatic N) is 5. The van der Waals surface area contributed by atoms with Crippen molar-refractivity contribution in [1.29, 1.82) is 0 Å². The van der Waals surface area contributed by atoms with Crippen LogP contribution in [0.15, 0.2) is 41.3 Å². The first-order valence-electron chi connectivity index (χ1n) is 9.02. The maximum Gasteiger partial charge on any atom is 0.276 e. The number of anilines is 2. The number of allylic oxidation sites excluding steroid dienone is 1. The van der Waals surface area contributed by atoms with E-state index in [-0.39, 0.29) is 17.1 Å². The predicted molar refractivity (Wildman–Crippen MR) is 113 cm³/mol. The Hall–Kier alpha value is -3.89. The summed E-state index contributed by atoms with van der Waals surface area (Å²) in [5.74, 6) is -0.677. The molecule has 5 N–H and O–H groups in total. The minimum Gasteiger partial charge on any atom is -0.393 e. The van der Waals surface area contributed by atoms with Gasteiger partial charge in [-0.1, -0.05) is 20.8 Å². The first kappa shape index (κ1) is 22.4. The summed E-state index contributed by atoms with van der Waals surface area (Å²) in [4.78, 5) is 45.5. The Kier molecular flexibility index (Phi) is 7.13. The van der Waals surface area contributed by atoms with Gasteiger partial charge in [-0.25, -0.2) is 19.9 Å². The van der Waals surface area contributed by atoms with Gasteiger partial charge in [-0.3, -0.25) is 14.6 Å². The molecular weight excluding hydrogens is 386 g/mol. The molecule has 0 spiro atoms. The molecular formula is C19H25N9O2. The zero-order valence-electron chi connectivity index (χ0n) is 17.5. The summed E-state index contributed by atoms with van der Waals surface area (Å²) in [6.07, 6.45) is 7.28. The van der Waals surface area contributed by atoms with E-state index >= 15 is 0 Å². The molecule has 2 aromatic heterocycles. The quantitative estimate of drug-likeness (QED) is 0.398. The first-order chi connectivity index (χ1) is 14.2. The fourth-order valence-corrected chi connectivity index (χ4v) is 2.26. The summed E-state index contributed by atoms with van der Waals surface area (Å²) in [5.41, 5.74) is 6.25. The Morgan fingerprint density at radius 2 is 1.83 bits per heavy atom. The van der Waals surface area contributed by atoms with E-state index in [9.17, 15) is 9.59 Å². The standard InChI is InChI=1S/C19H25N9O2/c1-19(2,3)18-25-9-13(26-11-6-23-10-24-7-11)15(28-18)17(30)27-12(8-21-4)14(20)16(29)22-5/h6-10,26H,20H2,1-5H3,(H,22,29)(H,27,30). The molecule has 2 rings (SSSR count). The van der Waals surface area contributed by atoms with E-state index in [1.54, 1.807) is 12.4 Å². The molecule has 2 heterocycles. The molecule has 158 valence electrons. The molecule has 2 aromatic rings. The third-order valence-corrected chi connectivity index (χ3v) is 3.78. The van der Waals surface area contributed by atoms with Crippen molar-refractivity contribution in [3.63, 3.8) is 0 Å². The fraction of sp³-hybridized carbons (Fsp3) is 0.316. The number of nitrogens with two attached hydrogens (primary N) is 1. The Bertz CT molecular complexity index is 979. The minimum atomic E-state index is -0.594. The van der Waals surface area contributed by atoms with Gasteiger partial charge >= 0.3 is 0 Å². The third kappa shape index (κ3) is 5.56. The van der Waals surface area contributed by atoms with Crippen LogP contribution in [0.4, 0.5) is 11.4 Å². The highest BCUT2D eigenvalue weighted by atomic mass is 16.2. The minimum absolute atomic E-state index is 0.0479. The van der Waals surface area contributed by atoms with Crippen LogP contribution in [0.2, 0.25) is 0 Å². The van der Waals surface area contributed by atoms with E-state index in [4.69, 9.17) is 5.73 Å². The number of carbonyl (C=O) groups is 2. The van der Waals surface area contributed by atoms with Crippen LogP contribution in [0.3, 0.4) is 0 Å². The first-order valence-corrected chi connectivity index (χ1v) is 9.02. The molecule has 30 heavy (non-hydrogen) atoms. The van der Waals surface area contributed by atoms with E-state index < -0.39 is 17.2 Å².